The lowest BCUT2D eigenvalue weighted by Crippen LogP contribution is -2.22. The lowest BCUT2D eigenvalue weighted by Gasteiger charge is -2.14. The highest BCUT2D eigenvalue weighted by Gasteiger charge is 2.11. The molecule has 0 aromatic heterocycles. The van der Waals surface area contributed by atoms with Crippen LogP contribution in [-0.2, 0) is 14.3 Å². The highest BCUT2D eigenvalue weighted by atomic mass is 16.5. The fourth-order valence-corrected chi connectivity index (χ4v) is 1.95. The maximum absolute atomic E-state index is 11.9. The predicted molar refractivity (Wildman–Crippen MR) is 90.5 cm³/mol. The van der Waals surface area contributed by atoms with Gasteiger partial charge in [-0.3, -0.25) is 4.79 Å². The van der Waals surface area contributed by atoms with E-state index < -0.39 is 0 Å². The molecule has 0 fully saturated rings. The zero-order chi connectivity index (χ0) is 17.1. The number of rotatable bonds is 9. The summed E-state index contributed by atoms with van der Waals surface area (Å²) in [5.41, 5.74) is 1.10. The van der Waals surface area contributed by atoms with Gasteiger partial charge in [-0.25, -0.2) is 4.79 Å². The van der Waals surface area contributed by atoms with Gasteiger partial charge in [-0.05, 0) is 26.2 Å². The second-order valence-corrected chi connectivity index (χ2v) is 5.91. The van der Waals surface area contributed by atoms with E-state index in [-0.39, 0.29) is 11.9 Å². The normalized spacial score (nSPS) is 13.7. The number of carbonyl (C=O) groups excluding carboxylic acids is 2. The largest absolute Gasteiger partial charge is 0.462 e. The van der Waals surface area contributed by atoms with Gasteiger partial charge in [0.05, 0.1) is 6.61 Å². The van der Waals surface area contributed by atoms with Crippen molar-refractivity contribution in [3.05, 3.63) is 23.3 Å². The van der Waals surface area contributed by atoms with Gasteiger partial charge in [0.15, 0.2) is 0 Å². The van der Waals surface area contributed by atoms with Gasteiger partial charge >= 0.3 is 5.97 Å². The van der Waals surface area contributed by atoms with Crippen molar-refractivity contribution in [2.24, 2.45) is 5.92 Å². The van der Waals surface area contributed by atoms with Gasteiger partial charge in [0, 0.05) is 25.2 Å². The Bertz CT molecular complexity index is 422. The fourth-order valence-electron chi connectivity index (χ4n) is 1.95. The van der Waals surface area contributed by atoms with Crippen LogP contribution < -0.4 is 0 Å². The molecule has 1 atom stereocenters. The van der Waals surface area contributed by atoms with Crippen LogP contribution in [0.5, 0.6) is 0 Å². The summed E-state index contributed by atoms with van der Waals surface area (Å²) < 4.78 is 5.36. The van der Waals surface area contributed by atoms with E-state index in [1.807, 2.05) is 0 Å². The number of hydrogen-bond donors (Lipinski definition) is 0. The first kappa shape index (κ1) is 20.4. The number of nitrogens with zero attached hydrogens (tertiary/aromatic N) is 1. The van der Waals surface area contributed by atoms with Crippen molar-refractivity contribution >= 4 is 11.9 Å². The molecular formula is C18H31NO3. The summed E-state index contributed by atoms with van der Waals surface area (Å²) in [4.78, 5) is 25.1. The van der Waals surface area contributed by atoms with Crippen LogP contribution in [0, 0.1) is 5.92 Å². The highest BCUT2D eigenvalue weighted by molar-refractivity contribution is 5.93. The lowest BCUT2D eigenvalue weighted by molar-refractivity contribution is -0.140. The molecule has 0 aromatic rings. The molecule has 0 aliphatic heterocycles. The van der Waals surface area contributed by atoms with Gasteiger partial charge in [0.1, 0.15) is 0 Å². The standard InChI is InChI=1S/C18H31NO3/c1-7-9-10-16(8-2)13-22-18(21)15(4)12-11-14(3)17(20)19(5)6/h11-12,16H,7-10,13H2,1-6H3/b14-11+,15-12+. The quantitative estimate of drug-likeness (QED) is 0.370. The van der Waals surface area contributed by atoms with Crippen molar-refractivity contribution in [3.8, 4) is 0 Å². The molecule has 0 aromatic carbocycles. The minimum absolute atomic E-state index is 0.0666. The third kappa shape index (κ3) is 8.01. The summed E-state index contributed by atoms with van der Waals surface area (Å²) in [5.74, 6) is 0.0589. The van der Waals surface area contributed by atoms with Crippen LogP contribution in [0.4, 0.5) is 0 Å². The molecule has 0 aliphatic carbocycles. The minimum atomic E-state index is -0.309. The van der Waals surface area contributed by atoms with Crippen molar-refractivity contribution in [1.29, 1.82) is 0 Å². The maximum atomic E-state index is 11.9. The molecule has 0 saturated heterocycles. The molecule has 0 rings (SSSR count). The van der Waals surface area contributed by atoms with Crippen LogP contribution >= 0.6 is 0 Å². The van der Waals surface area contributed by atoms with Crippen LogP contribution in [-0.4, -0.2) is 37.5 Å². The number of allylic oxidation sites excluding steroid dienone is 2. The van der Waals surface area contributed by atoms with Crippen molar-refractivity contribution in [2.45, 2.75) is 53.4 Å². The molecule has 0 radical (unpaired) electrons. The second-order valence-electron chi connectivity index (χ2n) is 5.91. The molecule has 0 aliphatic rings. The van der Waals surface area contributed by atoms with Gasteiger partial charge in [0.2, 0.25) is 5.91 Å². The van der Waals surface area contributed by atoms with Crippen LogP contribution in [0.2, 0.25) is 0 Å². The molecule has 126 valence electrons. The van der Waals surface area contributed by atoms with E-state index in [0.717, 1.165) is 19.3 Å². The van der Waals surface area contributed by atoms with Crippen LogP contribution in [0.15, 0.2) is 23.3 Å². The maximum Gasteiger partial charge on any atom is 0.333 e. The zero-order valence-corrected chi connectivity index (χ0v) is 14.9. The second kappa shape index (κ2) is 11.0. The van der Waals surface area contributed by atoms with Crippen molar-refractivity contribution < 1.29 is 14.3 Å². The van der Waals surface area contributed by atoms with Crippen LogP contribution in [0.1, 0.15) is 53.4 Å². The summed E-state index contributed by atoms with van der Waals surface area (Å²) in [6, 6.07) is 0. The van der Waals surface area contributed by atoms with Crippen molar-refractivity contribution in [2.75, 3.05) is 20.7 Å². The smallest absolute Gasteiger partial charge is 0.333 e. The summed E-state index contributed by atoms with van der Waals surface area (Å²) in [5, 5.41) is 0. The molecule has 0 bridgehead atoms. The molecule has 0 saturated carbocycles. The molecule has 0 N–H and O–H groups in total. The Hall–Kier alpha value is -1.58. The third-order valence-corrected chi connectivity index (χ3v) is 3.64. The monoisotopic (exact) mass is 309 g/mol. The Morgan fingerprint density at radius 3 is 2.18 bits per heavy atom. The summed E-state index contributed by atoms with van der Waals surface area (Å²) in [6.07, 6.45) is 7.75. The van der Waals surface area contributed by atoms with Gasteiger partial charge in [-0.2, -0.15) is 0 Å². The average Bonchev–Trinajstić information content (AvgIpc) is 2.51. The molecule has 0 spiro atoms. The van der Waals surface area contributed by atoms with E-state index in [4.69, 9.17) is 4.74 Å². The first-order chi connectivity index (χ1) is 10.3. The number of unbranched alkanes of at least 4 members (excludes halogenated alkanes) is 1. The Balaban J connectivity index is 4.50. The van der Waals surface area contributed by atoms with Gasteiger partial charge in [-0.1, -0.05) is 45.3 Å². The molecule has 1 unspecified atom stereocenters. The highest BCUT2D eigenvalue weighted by Crippen LogP contribution is 2.13. The SMILES string of the molecule is CCCCC(CC)COC(=O)/C(C)=C/C=C(\C)C(=O)N(C)C. The fraction of sp³-hybridized carbons (Fsp3) is 0.667. The number of amides is 1. The van der Waals surface area contributed by atoms with E-state index >= 15 is 0 Å². The van der Waals surface area contributed by atoms with Crippen molar-refractivity contribution in [3.63, 3.8) is 0 Å². The van der Waals surface area contributed by atoms with E-state index in [9.17, 15) is 9.59 Å². The molecule has 1 amide bonds. The third-order valence-electron chi connectivity index (χ3n) is 3.64. The predicted octanol–water partition coefficient (Wildman–Crippen LogP) is 3.73. The molecule has 22 heavy (non-hydrogen) atoms. The number of likely N-dealkylation sites (N-methyl/N-ethyl adjacent to an activating group) is 1. The van der Waals surface area contributed by atoms with E-state index in [1.165, 1.54) is 11.3 Å². The van der Waals surface area contributed by atoms with Crippen LogP contribution in [0.25, 0.3) is 0 Å². The number of carbonyl (C=O) groups is 2. The zero-order valence-electron chi connectivity index (χ0n) is 14.9. The van der Waals surface area contributed by atoms with E-state index in [2.05, 4.69) is 13.8 Å². The van der Waals surface area contributed by atoms with E-state index in [1.54, 1.807) is 40.1 Å². The first-order valence-electron chi connectivity index (χ1n) is 8.07. The lowest BCUT2D eigenvalue weighted by atomic mass is 10.0. The Morgan fingerprint density at radius 1 is 1.09 bits per heavy atom. The van der Waals surface area contributed by atoms with E-state index in [0.29, 0.717) is 23.7 Å². The molecular weight excluding hydrogens is 278 g/mol. The number of hydrogen-bond acceptors (Lipinski definition) is 3. The minimum Gasteiger partial charge on any atom is -0.462 e. The van der Waals surface area contributed by atoms with Crippen molar-refractivity contribution in [1.82, 2.24) is 4.90 Å². The number of ether oxygens (including phenoxy) is 1. The Kier molecular flexibility index (Phi) is 10.3. The van der Waals surface area contributed by atoms with Crippen LogP contribution in [0.3, 0.4) is 0 Å². The summed E-state index contributed by atoms with van der Waals surface area (Å²) in [7, 11) is 3.40. The summed E-state index contributed by atoms with van der Waals surface area (Å²) >= 11 is 0. The Morgan fingerprint density at radius 2 is 1.68 bits per heavy atom. The molecule has 4 nitrogen and oxygen atoms in total. The topological polar surface area (TPSA) is 46.6 Å². The Labute approximate surface area is 135 Å². The summed E-state index contributed by atoms with van der Waals surface area (Å²) in [6.45, 7) is 8.19. The average molecular weight is 309 g/mol. The number of esters is 1. The van der Waals surface area contributed by atoms with Gasteiger partial charge in [-0.15, -0.1) is 0 Å². The van der Waals surface area contributed by atoms with Gasteiger partial charge in [0.25, 0.3) is 0 Å². The molecule has 0 heterocycles. The first-order valence-corrected chi connectivity index (χ1v) is 8.07. The molecule has 4 heteroatoms. The van der Waals surface area contributed by atoms with Gasteiger partial charge < -0.3 is 9.64 Å².